The third-order valence-electron chi connectivity index (χ3n) is 6.32. The Morgan fingerprint density at radius 1 is 1.18 bits per heavy atom. The van der Waals surface area contributed by atoms with Crippen molar-refractivity contribution in [2.75, 3.05) is 24.0 Å². The number of benzene rings is 2. The molecule has 0 aliphatic carbocycles. The maximum atomic E-state index is 14.3. The van der Waals surface area contributed by atoms with Crippen molar-refractivity contribution in [2.45, 2.75) is 45.6 Å². The Labute approximate surface area is 230 Å². The number of anilines is 2. The third-order valence-corrected chi connectivity index (χ3v) is 6.32. The number of halogens is 1. The molecule has 1 unspecified atom stereocenters. The van der Waals surface area contributed by atoms with Crippen LogP contribution in [0.3, 0.4) is 0 Å². The van der Waals surface area contributed by atoms with E-state index >= 15 is 0 Å². The summed E-state index contributed by atoms with van der Waals surface area (Å²) in [6.07, 6.45) is 0. The average molecular weight is 549 g/mol. The summed E-state index contributed by atoms with van der Waals surface area (Å²) in [4.78, 5) is 31.3. The van der Waals surface area contributed by atoms with Gasteiger partial charge in [-0.05, 0) is 58.0 Å². The number of carboxylic acid groups (broad SMARTS) is 1. The average Bonchev–Trinajstić information content (AvgIpc) is 3.35. The van der Waals surface area contributed by atoms with E-state index in [9.17, 15) is 19.1 Å². The summed E-state index contributed by atoms with van der Waals surface area (Å²) >= 11 is 0. The minimum absolute atomic E-state index is 0.0882. The number of esters is 1. The number of nitriles is 1. The minimum atomic E-state index is -1.73. The van der Waals surface area contributed by atoms with Gasteiger partial charge in [-0.3, -0.25) is 0 Å². The fourth-order valence-corrected chi connectivity index (χ4v) is 4.15. The van der Waals surface area contributed by atoms with Crippen LogP contribution in [0.4, 0.5) is 15.8 Å². The molecule has 2 N–H and O–H groups in total. The maximum absolute atomic E-state index is 14.3. The molecule has 4 rings (SSSR count). The van der Waals surface area contributed by atoms with Crippen LogP contribution in [0.1, 0.15) is 49.2 Å². The van der Waals surface area contributed by atoms with E-state index in [2.05, 4.69) is 10.3 Å². The van der Waals surface area contributed by atoms with Crippen LogP contribution in [0.2, 0.25) is 0 Å². The van der Waals surface area contributed by atoms with Gasteiger partial charge in [-0.1, -0.05) is 12.1 Å². The van der Waals surface area contributed by atoms with Gasteiger partial charge in [0, 0.05) is 24.3 Å². The fourth-order valence-electron chi connectivity index (χ4n) is 4.15. The monoisotopic (exact) mass is 548 g/mol. The van der Waals surface area contributed by atoms with Crippen molar-refractivity contribution in [3.8, 4) is 23.2 Å². The third kappa shape index (κ3) is 5.67. The molecule has 2 heterocycles. The van der Waals surface area contributed by atoms with Crippen molar-refractivity contribution in [2.24, 2.45) is 0 Å². The molecule has 0 bridgehead atoms. The predicted octanol–water partition coefficient (Wildman–Crippen LogP) is 4.93. The SMILES string of the molecule is COC(C)(C(=O)O)N1CNc2c(-c3cccc(OCc4ccc(C#N)cc4F)n3)cc(C(=O)OC(C)(C)C)cc21. The lowest BCUT2D eigenvalue weighted by atomic mass is 10.0. The summed E-state index contributed by atoms with van der Waals surface area (Å²) in [7, 11) is 1.30. The molecule has 0 saturated heterocycles. The second-order valence-electron chi connectivity index (χ2n) is 10.2. The summed E-state index contributed by atoms with van der Waals surface area (Å²) in [5.74, 6) is -2.18. The number of nitrogens with one attached hydrogen (secondary N) is 1. The van der Waals surface area contributed by atoms with Crippen LogP contribution in [0.5, 0.6) is 5.88 Å². The van der Waals surface area contributed by atoms with E-state index in [0.717, 1.165) is 6.07 Å². The van der Waals surface area contributed by atoms with E-state index in [4.69, 9.17) is 19.5 Å². The number of hydrogen-bond donors (Lipinski definition) is 2. The molecule has 0 saturated carbocycles. The van der Waals surface area contributed by atoms with Crippen LogP contribution in [0, 0.1) is 17.1 Å². The van der Waals surface area contributed by atoms with E-state index in [1.165, 1.54) is 31.1 Å². The summed E-state index contributed by atoms with van der Waals surface area (Å²) in [6.45, 7) is 6.63. The highest BCUT2D eigenvalue weighted by Crippen LogP contribution is 2.44. The largest absolute Gasteiger partial charge is 0.478 e. The van der Waals surface area contributed by atoms with E-state index in [0.29, 0.717) is 22.6 Å². The van der Waals surface area contributed by atoms with E-state index in [1.54, 1.807) is 51.1 Å². The lowest BCUT2D eigenvalue weighted by Gasteiger charge is -2.34. The normalized spacial score (nSPS) is 14.0. The van der Waals surface area contributed by atoms with Gasteiger partial charge in [0.25, 0.3) is 0 Å². The number of ether oxygens (including phenoxy) is 3. The molecule has 2 aromatic carbocycles. The molecule has 1 aliphatic rings. The van der Waals surface area contributed by atoms with Crippen LogP contribution < -0.4 is 15.0 Å². The first-order valence-corrected chi connectivity index (χ1v) is 12.4. The number of nitrogens with zero attached hydrogens (tertiary/aromatic N) is 3. The van der Waals surface area contributed by atoms with Gasteiger partial charge in [0.05, 0.1) is 40.9 Å². The number of hydrogen-bond acceptors (Lipinski definition) is 9. The number of fused-ring (bicyclic) bond motifs is 1. The van der Waals surface area contributed by atoms with Crippen LogP contribution in [-0.2, 0) is 20.9 Å². The molecule has 11 heteroatoms. The quantitative estimate of drug-likeness (QED) is 0.373. The Morgan fingerprint density at radius 2 is 1.93 bits per heavy atom. The lowest BCUT2D eigenvalue weighted by Crippen LogP contribution is -2.54. The standard InChI is InChI=1S/C29H29FN4O6/c1-28(2,3)40-26(35)19-12-20(25-23(13-19)34(16-32-25)29(4,38-5)27(36)37)22-7-6-8-24(33-22)39-15-18-10-9-17(14-31)11-21(18)30/h6-13,32H,15-16H2,1-5H3,(H,36,37). The molecule has 208 valence electrons. The first kappa shape index (κ1) is 28.3. The van der Waals surface area contributed by atoms with Crippen molar-refractivity contribution < 1.29 is 33.3 Å². The van der Waals surface area contributed by atoms with Crippen LogP contribution in [-0.4, -0.2) is 47.1 Å². The first-order valence-electron chi connectivity index (χ1n) is 12.4. The molecule has 1 atom stereocenters. The predicted molar refractivity (Wildman–Crippen MR) is 144 cm³/mol. The zero-order valence-electron chi connectivity index (χ0n) is 22.7. The Balaban J connectivity index is 1.75. The molecule has 0 spiro atoms. The molecular weight excluding hydrogens is 519 g/mol. The van der Waals surface area contributed by atoms with Gasteiger partial charge in [0.2, 0.25) is 11.6 Å². The number of carbonyl (C=O) groups excluding carboxylic acids is 1. The second kappa shape index (κ2) is 10.8. The van der Waals surface area contributed by atoms with Crippen LogP contribution >= 0.6 is 0 Å². The Bertz CT molecular complexity index is 1510. The van der Waals surface area contributed by atoms with Gasteiger partial charge in [-0.2, -0.15) is 5.26 Å². The van der Waals surface area contributed by atoms with Gasteiger partial charge in [0.15, 0.2) is 0 Å². The molecule has 3 aromatic rings. The van der Waals surface area contributed by atoms with E-state index < -0.39 is 29.1 Å². The smallest absolute Gasteiger partial charge is 0.357 e. The number of carbonyl (C=O) groups is 2. The van der Waals surface area contributed by atoms with Crippen molar-refractivity contribution in [1.82, 2.24) is 4.98 Å². The summed E-state index contributed by atoms with van der Waals surface area (Å²) in [5.41, 5.74) is 0.0293. The zero-order chi connectivity index (χ0) is 29.2. The molecule has 1 aliphatic heterocycles. The van der Waals surface area contributed by atoms with Gasteiger partial charge >= 0.3 is 11.9 Å². The number of aliphatic carboxylic acids is 1. The number of aromatic nitrogens is 1. The molecule has 1 aromatic heterocycles. The molecule has 10 nitrogen and oxygen atoms in total. The minimum Gasteiger partial charge on any atom is -0.478 e. The Morgan fingerprint density at radius 3 is 2.55 bits per heavy atom. The van der Waals surface area contributed by atoms with Crippen molar-refractivity contribution in [1.29, 1.82) is 5.26 Å². The number of rotatable bonds is 8. The van der Waals surface area contributed by atoms with Crippen LogP contribution in [0.15, 0.2) is 48.5 Å². The molecular formula is C29H29FN4O6. The van der Waals surface area contributed by atoms with Gasteiger partial charge < -0.3 is 29.5 Å². The highest BCUT2D eigenvalue weighted by Gasteiger charge is 2.44. The molecule has 0 fully saturated rings. The first-order chi connectivity index (χ1) is 18.9. The Hall–Kier alpha value is -4.69. The van der Waals surface area contributed by atoms with E-state index in [1.807, 2.05) is 6.07 Å². The summed E-state index contributed by atoms with van der Waals surface area (Å²) < 4.78 is 31.0. The van der Waals surface area contributed by atoms with Gasteiger partial charge in [0.1, 0.15) is 18.0 Å². The molecule has 40 heavy (non-hydrogen) atoms. The summed E-state index contributed by atoms with van der Waals surface area (Å²) in [5, 5.41) is 22.1. The van der Waals surface area contributed by atoms with Crippen molar-refractivity contribution >= 4 is 23.3 Å². The van der Waals surface area contributed by atoms with E-state index in [-0.39, 0.29) is 35.8 Å². The second-order valence-corrected chi connectivity index (χ2v) is 10.2. The number of carboxylic acids is 1. The Kier molecular flexibility index (Phi) is 7.66. The van der Waals surface area contributed by atoms with Crippen molar-refractivity contribution in [3.63, 3.8) is 0 Å². The molecule has 0 amide bonds. The molecule has 0 radical (unpaired) electrons. The highest BCUT2D eigenvalue weighted by atomic mass is 19.1. The fraction of sp³-hybridized carbons (Fsp3) is 0.310. The van der Waals surface area contributed by atoms with Gasteiger partial charge in [-0.15, -0.1) is 0 Å². The maximum Gasteiger partial charge on any atom is 0.357 e. The topological polar surface area (TPSA) is 134 Å². The summed E-state index contributed by atoms with van der Waals surface area (Å²) in [6, 6.07) is 14.2. The number of pyridine rings is 1. The van der Waals surface area contributed by atoms with Crippen LogP contribution in [0.25, 0.3) is 11.3 Å². The zero-order valence-corrected chi connectivity index (χ0v) is 22.7. The van der Waals surface area contributed by atoms with Crippen molar-refractivity contribution in [3.05, 3.63) is 71.0 Å². The highest BCUT2D eigenvalue weighted by molar-refractivity contribution is 6.00. The van der Waals surface area contributed by atoms with Gasteiger partial charge in [-0.25, -0.2) is 19.0 Å². The number of methoxy groups -OCH3 is 1. The lowest BCUT2D eigenvalue weighted by molar-refractivity contribution is -0.159.